The van der Waals surface area contributed by atoms with Crippen molar-refractivity contribution in [3.8, 4) is 16.9 Å². The largest absolute Gasteiger partial charge is 0.494 e. The highest BCUT2D eigenvalue weighted by atomic mass is 16.5. The summed E-state index contributed by atoms with van der Waals surface area (Å²) in [4.78, 5) is 0. The third kappa shape index (κ3) is 2.39. The minimum absolute atomic E-state index is 0.691. The van der Waals surface area contributed by atoms with Crippen molar-refractivity contribution in [2.75, 3.05) is 6.61 Å². The van der Waals surface area contributed by atoms with Gasteiger partial charge in [-0.25, -0.2) is 0 Å². The third-order valence-electron chi connectivity index (χ3n) is 5.65. The van der Waals surface area contributed by atoms with E-state index in [-0.39, 0.29) is 0 Å². The van der Waals surface area contributed by atoms with Crippen LogP contribution in [0, 0.1) is 13.8 Å². The van der Waals surface area contributed by atoms with Crippen molar-refractivity contribution < 1.29 is 4.74 Å². The van der Waals surface area contributed by atoms with Crippen LogP contribution in [0.3, 0.4) is 0 Å². The van der Waals surface area contributed by atoms with Gasteiger partial charge in [-0.1, -0.05) is 54.6 Å². The zero-order chi connectivity index (χ0) is 18.5. The molecule has 0 saturated heterocycles. The molecule has 132 valence electrons. The van der Waals surface area contributed by atoms with Gasteiger partial charge < -0.3 is 4.74 Å². The molecule has 0 amide bonds. The molecule has 0 aliphatic rings. The van der Waals surface area contributed by atoms with E-state index in [1.165, 1.54) is 54.6 Å². The highest BCUT2D eigenvalue weighted by Crippen LogP contribution is 2.41. The smallest absolute Gasteiger partial charge is 0.119 e. The summed E-state index contributed by atoms with van der Waals surface area (Å²) < 4.78 is 5.62. The summed E-state index contributed by atoms with van der Waals surface area (Å²) in [5.74, 6) is 0.923. The van der Waals surface area contributed by atoms with Gasteiger partial charge in [0.2, 0.25) is 0 Å². The molecule has 0 atom stereocenters. The van der Waals surface area contributed by atoms with Gasteiger partial charge in [0.05, 0.1) is 6.61 Å². The van der Waals surface area contributed by atoms with Crippen LogP contribution in [0.25, 0.3) is 43.4 Å². The lowest BCUT2D eigenvalue weighted by molar-refractivity contribution is 0.340. The summed E-state index contributed by atoms with van der Waals surface area (Å²) in [7, 11) is 0. The Bertz CT molecular complexity index is 1280. The molecule has 1 heteroatoms. The van der Waals surface area contributed by atoms with Crippen LogP contribution in [-0.4, -0.2) is 6.61 Å². The van der Waals surface area contributed by atoms with Crippen LogP contribution >= 0.6 is 0 Å². The van der Waals surface area contributed by atoms with Crippen LogP contribution in [0.1, 0.15) is 18.1 Å². The van der Waals surface area contributed by atoms with Crippen molar-refractivity contribution in [2.45, 2.75) is 20.8 Å². The van der Waals surface area contributed by atoms with Gasteiger partial charge in [-0.05, 0) is 87.5 Å². The maximum Gasteiger partial charge on any atom is 0.119 e. The third-order valence-corrected chi connectivity index (χ3v) is 5.65. The first-order chi connectivity index (χ1) is 13.2. The first kappa shape index (κ1) is 16.1. The molecule has 0 N–H and O–H groups in total. The van der Waals surface area contributed by atoms with Crippen molar-refractivity contribution >= 4 is 32.3 Å². The summed E-state index contributed by atoms with van der Waals surface area (Å²) in [6.45, 7) is 7.12. The van der Waals surface area contributed by atoms with Crippen LogP contribution in [-0.2, 0) is 0 Å². The van der Waals surface area contributed by atoms with Gasteiger partial charge in [0, 0.05) is 0 Å². The van der Waals surface area contributed by atoms with E-state index in [4.69, 9.17) is 4.74 Å². The topological polar surface area (TPSA) is 9.23 Å². The van der Waals surface area contributed by atoms with E-state index in [0.717, 1.165) is 5.75 Å². The molecule has 0 radical (unpaired) electrons. The normalized spacial score (nSPS) is 11.7. The molecule has 5 aromatic carbocycles. The number of aryl methyl sites for hydroxylation is 2. The van der Waals surface area contributed by atoms with Crippen molar-refractivity contribution in [1.82, 2.24) is 0 Å². The van der Waals surface area contributed by atoms with Crippen molar-refractivity contribution in [3.05, 3.63) is 77.9 Å². The van der Waals surface area contributed by atoms with E-state index in [2.05, 4.69) is 80.6 Å². The van der Waals surface area contributed by atoms with Crippen LogP contribution in [0.4, 0.5) is 0 Å². The Balaban J connectivity index is 1.87. The number of ether oxygens (including phenoxy) is 1. The first-order valence-electron chi connectivity index (χ1n) is 9.58. The molecule has 0 aliphatic carbocycles. The lowest BCUT2D eigenvalue weighted by Gasteiger charge is -2.17. The second kappa shape index (κ2) is 5.99. The molecule has 0 bridgehead atoms. The number of hydrogen-bond donors (Lipinski definition) is 0. The van der Waals surface area contributed by atoms with Gasteiger partial charge in [-0.3, -0.25) is 0 Å². The summed E-state index contributed by atoms with van der Waals surface area (Å²) >= 11 is 0. The van der Waals surface area contributed by atoms with Gasteiger partial charge in [0.25, 0.3) is 0 Å². The summed E-state index contributed by atoms with van der Waals surface area (Å²) in [6.07, 6.45) is 0. The fourth-order valence-corrected chi connectivity index (χ4v) is 4.43. The minimum Gasteiger partial charge on any atom is -0.494 e. The van der Waals surface area contributed by atoms with E-state index >= 15 is 0 Å². The van der Waals surface area contributed by atoms with Gasteiger partial charge in [0.1, 0.15) is 5.75 Å². The Hall–Kier alpha value is -3.06. The molecule has 0 unspecified atom stereocenters. The van der Waals surface area contributed by atoms with Gasteiger partial charge in [-0.15, -0.1) is 0 Å². The van der Waals surface area contributed by atoms with E-state index in [9.17, 15) is 0 Å². The Morgan fingerprint density at radius 2 is 1.33 bits per heavy atom. The van der Waals surface area contributed by atoms with Crippen molar-refractivity contribution in [1.29, 1.82) is 0 Å². The predicted octanol–water partition coefficient (Wildman–Crippen LogP) is 7.27. The lowest BCUT2D eigenvalue weighted by Crippen LogP contribution is -1.93. The van der Waals surface area contributed by atoms with E-state index in [1.54, 1.807) is 0 Å². The average molecular weight is 350 g/mol. The predicted molar refractivity (Wildman–Crippen MR) is 116 cm³/mol. The average Bonchev–Trinajstić information content (AvgIpc) is 2.68. The molecule has 0 aliphatic heterocycles. The van der Waals surface area contributed by atoms with Crippen LogP contribution in [0.15, 0.2) is 66.7 Å². The lowest BCUT2D eigenvalue weighted by atomic mass is 9.86. The highest BCUT2D eigenvalue weighted by molar-refractivity contribution is 6.26. The quantitative estimate of drug-likeness (QED) is 0.311. The molecule has 1 nitrogen and oxygen atoms in total. The summed E-state index contributed by atoms with van der Waals surface area (Å²) in [5, 5.41) is 8.08. The van der Waals surface area contributed by atoms with Crippen LogP contribution in [0.5, 0.6) is 5.75 Å². The zero-order valence-electron chi connectivity index (χ0n) is 16.0. The van der Waals surface area contributed by atoms with Crippen molar-refractivity contribution in [2.24, 2.45) is 0 Å². The number of benzene rings is 5. The SMILES string of the molecule is CCOc1ccc(-c2c(C)cc3ccc4ccc(C)c5ccc2c3c45)cc1. The maximum atomic E-state index is 5.62. The maximum absolute atomic E-state index is 5.62. The van der Waals surface area contributed by atoms with E-state index < -0.39 is 0 Å². The summed E-state index contributed by atoms with van der Waals surface area (Å²) in [5.41, 5.74) is 5.20. The molecule has 0 fully saturated rings. The van der Waals surface area contributed by atoms with Crippen LogP contribution < -0.4 is 4.74 Å². The van der Waals surface area contributed by atoms with Gasteiger partial charge in [0.15, 0.2) is 0 Å². The fraction of sp³-hybridized carbons (Fsp3) is 0.154. The second-order valence-electron chi connectivity index (χ2n) is 7.33. The van der Waals surface area contributed by atoms with Gasteiger partial charge in [-0.2, -0.15) is 0 Å². The monoisotopic (exact) mass is 350 g/mol. The fourth-order valence-electron chi connectivity index (χ4n) is 4.43. The molecular weight excluding hydrogens is 328 g/mol. The minimum atomic E-state index is 0.691. The molecule has 0 spiro atoms. The standard InChI is InChI=1S/C26H22O/c1-4-27-21-11-9-18(10-12-21)24-17(3)15-20-8-7-19-6-5-16(2)22-13-14-23(24)26(20)25(19)22/h5-15H,4H2,1-3H3. The molecular formula is C26H22O. The zero-order valence-corrected chi connectivity index (χ0v) is 16.0. The van der Waals surface area contributed by atoms with E-state index in [1.807, 2.05) is 6.92 Å². The van der Waals surface area contributed by atoms with Gasteiger partial charge >= 0.3 is 0 Å². The molecule has 5 rings (SSSR count). The number of hydrogen-bond acceptors (Lipinski definition) is 1. The number of rotatable bonds is 3. The Kier molecular flexibility index (Phi) is 3.58. The molecule has 0 heterocycles. The molecule has 0 aromatic heterocycles. The molecule has 0 saturated carbocycles. The van der Waals surface area contributed by atoms with Crippen LogP contribution in [0.2, 0.25) is 0 Å². The highest BCUT2D eigenvalue weighted by Gasteiger charge is 2.15. The first-order valence-corrected chi connectivity index (χ1v) is 9.58. The molecule has 27 heavy (non-hydrogen) atoms. The molecule has 5 aromatic rings. The van der Waals surface area contributed by atoms with Crippen molar-refractivity contribution in [3.63, 3.8) is 0 Å². The Morgan fingerprint density at radius 1 is 0.667 bits per heavy atom. The Labute approximate surface area is 159 Å². The second-order valence-corrected chi connectivity index (χ2v) is 7.33. The Morgan fingerprint density at radius 3 is 2.11 bits per heavy atom. The summed E-state index contributed by atoms with van der Waals surface area (Å²) in [6, 6.07) is 24.4. The van der Waals surface area contributed by atoms with E-state index in [0.29, 0.717) is 6.61 Å².